The highest BCUT2D eigenvalue weighted by atomic mass is 32.1. The average molecular weight is 420 g/mol. The highest BCUT2D eigenvalue weighted by Gasteiger charge is 2.32. The molecule has 0 aliphatic rings. The first-order chi connectivity index (χ1) is 13.9. The lowest BCUT2D eigenvalue weighted by molar-refractivity contribution is -0.274. The number of hydrogen-bond acceptors (Lipinski definition) is 5. The number of unbranched alkanes of at least 4 members (excludes halogenated alkanes) is 2. The van der Waals surface area contributed by atoms with Crippen LogP contribution in [-0.4, -0.2) is 27.5 Å². The quantitative estimate of drug-likeness (QED) is 0.367. The Labute approximate surface area is 169 Å². The van der Waals surface area contributed by atoms with Crippen molar-refractivity contribution in [1.82, 2.24) is 14.6 Å². The van der Waals surface area contributed by atoms with Gasteiger partial charge < -0.3 is 10.1 Å². The van der Waals surface area contributed by atoms with Crippen LogP contribution < -0.4 is 10.1 Å². The van der Waals surface area contributed by atoms with Crippen LogP contribution in [0.2, 0.25) is 0 Å². The van der Waals surface area contributed by atoms with Gasteiger partial charge in [0.2, 0.25) is 0 Å². The molecule has 152 valence electrons. The van der Waals surface area contributed by atoms with E-state index in [1.807, 2.05) is 18.2 Å². The highest BCUT2D eigenvalue weighted by molar-refractivity contribution is 7.22. The first kappa shape index (κ1) is 19.5. The van der Waals surface area contributed by atoms with E-state index in [2.05, 4.69) is 27.1 Å². The Hall–Kier alpha value is -2.81. The van der Waals surface area contributed by atoms with Gasteiger partial charge in [-0.2, -0.15) is 0 Å². The van der Waals surface area contributed by atoms with Gasteiger partial charge in [0.25, 0.3) is 0 Å². The minimum Gasteiger partial charge on any atom is -0.404 e. The Morgan fingerprint density at radius 2 is 2.03 bits per heavy atom. The number of halogens is 3. The van der Waals surface area contributed by atoms with Crippen LogP contribution in [0.25, 0.3) is 26.3 Å². The summed E-state index contributed by atoms with van der Waals surface area (Å²) >= 11 is 1.22. The van der Waals surface area contributed by atoms with E-state index in [9.17, 15) is 13.2 Å². The fraction of sp³-hybridized carbons (Fsp3) is 0.300. The zero-order chi connectivity index (χ0) is 20.4. The maximum Gasteiger partial charge on any atom is 0.573 e. The summed E-state index contributed by atoms with van der Waals surface area (Å²) in [6, 6.07) is 10.2. The Morgan fingerprint density at radius 3 is 2.83 bits per heavy atom. The summed E-state index contributed by atoms with van der Waals surface area (Å²) in [4.78, 5) is 5.13. The third-order valence-electron chi connectivity index (χ3n) is 4.43. The van der Waals surface area contributed by atoms with Crippen molar-refractivity contribution in [1.29, 1.82) is 0 Å². The van der Waals surface area contributed by atoms with Gasteiger partial charge in [0.05, 0.1) is 15.8 Å². The standard InChI is InChI=1S/C20H19F3N4OS/c1-2-3-4-10-24-17-8-9-18-25-12-14(27(18)26-17)16-11-13-6-5-7-15(19(13)29-16)28-20(21,22)23/h5-9,11-12H,2-4,10H2,1H3,(H,24,26). The van der Waals surface area contributed by atoms with Crippen molar-refractivity contribution >= 4 is 32.9 Å². The predicted octanol–water partition coefficient (Wildman–Crippen LogP) is 6.11. The van der Waals surface area contributed by atoms with Crippen molar-refractivity contribution < 1.29 is 17.9 Å². The number of benzene rings is 1. The zero-order valence-electron chi connectivity index (χ0n) is 15.7. The van der Waals surface area contributed by atoms with Gasteiger partial charge in [0.15, 0.2) is 5.65 Å². The molecule has 0 fully saturated rings. The molecule has 29 heavy (non-hydrogen) atoms. The molecule has 0 bridgehead atoms. The van der Waals surface area contributed by atoms with Gasteiger partial charge >= 0.3 is 6.36 Å². The summed E-state index contributed by atoms with van der Waals surface area (Å²) < 4.78 is 44.4. The van der Waals surface area contributed by atoms with Crippen molar-refractivity contribution in [2.75, 3.05) is 11.9 Å². The summed E-state index contributed by atoms with van der Waals surface area (Å²) in [5, 5.41) is 8.58. The van der Waals surface area contributed by atoms with E-state index in [1.54, 1.807) is 22.8 Å². The average Bonchev–Trinajstić information content (AvgIpc) is 3.28. The maximum absolute atomic E-state index is 12.7. The number of hydrogen-bond donors (Lipinski definition) is 1. The minimum atomic E-state index is -4.73. The molecule has 0 radical (unpaired) electrons. The Kier molecular flexibility index (Phi) is 5.31. The molecule has 0 aliphatic carbocycles. The SMILES string of the molecule is CCCCCNc1ccc2ncc(-c3cc4cccc(OC(F)(F)F)c4s3)n2n1. The molecule has 5 nitrogen and oxygen atoms in total. The van der Waals surface area contributed by atoms with Crippen molar-refractivity contribution in [2.45, 2.75) is 32.5 Å². The molecule has 3 aromatic heterocycles. The summed E-state index contributed by atoms with van der Waals surface area (Å²) in [7, 11) is 0. The molecule has 4 rings (SSSR count). The van der Waals surface area contributed by atoms with Gasteiger partial charge in [-0.3, -0.25) is 0 Å². The minimum absolute atomic E-state index is 0.202. The lowest BCUT2D eigenvalue weighted by atomic mass is 10.2. The molecule has 0 amide bonds. The van der Waals surface area contributed by atoms with Crippen LogP contribution in [0.3, 0.4) is 0 Å². The van der Waals surface area contributed by atoms with Gasteiger partial charge in [-0.25, -0.2) is 9.50 Å². The number of thiophene rings is 1. The van der Waals surface area contributed by atoms with Crippen molar-refractivity contribution in [2.24, 2.45) is 0 Å². The largest absolute Gasteiger partial charge is 0.573 e. The molecule has 0 saturated heterocycles. The van der Waals surface area contributed by atoms with E-state index in [0.29, 0.717) is 15.7 Å². The molecule has 0 spiro atoms. The Bertz CT molecular complexity index is 1140. The molecule has 4 aromatic rings. The van der Waals surface area contributed by atoms with E-state index < -0.39 is 6.36 Å². The normalized spacial score (nSPS) is 12.0. The number of aromatic nitrogens is 3. The summed E-state index contributed by atoms with van der Waals surface area (Å²) in [6.45, 7) is 2.98. The second-order valence-electron chi connectivity index (χ2n) is 6.60. The Balaban J connectivity index is 1.69. The van der Waals surface area contributed by atoms with Gasteiger partial charge in [0, 0.05) is 6.54 Å². The molecular formula is C20H19F3N4OS. The van der Waals surface area contributed by atoms with Crippen LogP contribution in [0, 0.1) is 0 Å². The number of fused-ring (bicyclic) bond motifs is 2. The third-order valence-corrected chi connectivity index (χ3v) is 5.62. The fourth-order valence-corrected chi connectivity index (χ4v) is 4.20. The van der Waals surface area contributed by atoms with E-state index in [0.717, 1.165) is 42.2 Å². The topological polar surface area (TPSA) is 51.5 Å². The first-order valence-corrected chi connectivity index (χ1v) is 10.1. The van der Waals surface area contributed by atoms with Crippen molar-refractivity contribution in [3.8, 4) is 16.3 Å². The number of imidazole rings is 1. The van der Waals surface area contributed by atoms with Crippen molar-refractivity contribution in [3.63, 3.8) is 0 Å². The molecule has 0 aliphatic heterocycles. The van der Waals surface area contributed by atoms with E-state index in [-0.39, 0.29) is 5.75 Å². The summed E-state index contributed by atoms with van der Waals surface area (Å²) in [5.74, 6) is 0.529. The highest BCUT2D eigenvalue weighted by Crippen LogP contribution is 2.40. The van der Waals surface area contributed by atoms with Crippen LogP contribution in [-0.2, 0) is 0 Å². The second kappa shape index (κ2) is 7.90. The molecule has 9 heteroatoms. The van der Waals surface area contributed by atoms with Crippen LogP contribution in [0.15, 0.2) is 42.6 Å². The summed E-state index contributed by atoms with van der Waals surface area (Å²) in [6.07, 6.45) is 0.298. The molecule has 1 aromatic carbocycles. The third kappa shape index (κ3) is 4.29. The second-order valence-corrected chi connectivity index (χ2v) is 7.65. The van der Waals surface area contributed by atoms with Crippen LogP contribution >= 0.6 is 11.3 Å². The zero-order valence-corrected chi connectivity index (χ0v) is 16.5. The van der Waals surface area contributed by atoms with E-state index >= 15 is 0 Å². The first-order valence-electron chi connectivity index (χ1n) is 9.32. The van der Waals surface area contributed by atoms with E-state index in [1.165, 1.54) is 17.4 Å². The van der Waals surface area contributed by atoms with Crippen LogP contribution in [0.1, 0.15) is 26.2 Å². The Morgan fingerprint density at radius 1 is 1.17 bits per heavy atom. The number of ether oxygens (including phenoxy) is 1. The van der Waals surface area contributed by atoms with Gasteiger partial charge in [-0.15, -0.1) is 29.6 Å². The number of alkyl halides is 3. The number of nitrogens with zero attached hydrogens (tertiary/aromatic N) is 3. The lowest BCUT2D eigenvalue weighted by Crippen LogP contribution is -2.17. The molecule has 0 unspecified atom stereocenters. The molecule has 0 saturated carbocycles. The predicted molar refractivity (Wildman–Crippen MR) is 109 cm³/mol. The fourth-order valence-electron chi connectivity index (χ4n) is 3.09. The lowest BCUT2D eigenvalue weighted by Gasteiger charge is -2.09. The number of nitrogens with one attached hydrogen (secondary N) is 1. The van der Waals surface area contributed by atoms with Crippen molar-refractivity contribution in [3.05, 3.63) is 42.6 Å². The molecule has 3 heterocycles. The van der Waals surface area contributed by atoms with E-state index in [4.69, 9.17) is 0 Å². The molecular weight excluding hydrogens is 401 g/mol. The maximum atomic E-state index is 12.7. The molecule has 1 N–H and O–H groups in total. The van der Waals surface area contributed by atoms with Gasteiger partial charge in [-0.1, -0.05) is 31.9 Å². The number of anilines is 1. The van der Waals surface area contributed by atoms with Crippen LogP contribution in [0.5, 0.6) is 5.75 Å². The molecule has 0 atom stereocenters. The van der Waals surface area contributed by atoms with Gasteiger partial charge in [-0.05, 0) is 36.1 Å². The smallest absolute Gasteiger partial charge is 0.404 e. The van der Waals surface area contributed by atoms with Crippen LogP contribution in [0.4, 0.5) is 19.0 Å². The monoisotopic (exact) mass is 420 g/mol. The number of rotatable bonds is 7. The summed E-state index contributed by atoms with van der Waals surface area (Å²) in [5.41, 5.74) is 1.39. The van der Waals surface area contributed by atoms with Gasteiger partial charge in [0.1, 0.15) is 17.3 Å².